The Morgan fingerprint density at radius 1 is 1.37 bits per heavy atom. The van der Waals surface area contributed by atoms with Gasteiger partial charge in [0.15, 0.2) is 0 Å². The smallest absolute Gasteiger partial charge is 0.198 e. The highest BCUT2D eigenvalue weighted by Crippen LogP contribution is 2.44. The fraction of sp³-hybridized carbons (Fsp3) is 0.538. The number of hydrogen-bond acceptors (Lipinski definition) is 2. The van der Waals surface area contributed by atoms with E-state index in [0.717, 1.165) is 10.9 Å². The molecule has 2 atom stereocenters. The van der Waals surface area contributed by atoms with Gasteiger partial charge in [0.2, 0.25) is 0 Å². The van der Waals surface area contributed by atoms with Gasteiger partial charge >= 0.3 is 0 Å². The van der Waals surface area contributed by atoms with Crippen LogP contribution >= 0.6 is 15.9 Å². The van der Waals surface area contributed by atoms with Crippen molar-refractivity contribution in [3.8, 4) is 0 Å². The van der Waals surface area contributed by atoms with E-state index in [0.29, 0.717) is 0 Å². The molecule has 106 valence electrons. The van der Waals surface area contributed by atoms with Crippen LogP contribution in [0.3, 0.4) is 0 Å². The highest BCUT2D eigenvalue weighted by molar-refractivity contribution is 9.10. The van der Waals surface area contributed by atoms with Crippen molar-refractivity contribution in [2.45, 2.75) is 38.3 Å². The topological polar surface area (TPSA) is 49.4 Å². The maximum absolute atomic E-state index is 12.1. The molecule has 0 amide bonds. The average Bonchev–Trinajstić information content (AvgIpc) is 3.06. The van der Waals surface area contributed by atoms with Crippen LogP contribution in [0.15, 0.2) is 28.7 Å². The highest BCUT2D eigenvalue weighted by Gasteiger charge is 2.42. The fourth-order valence-corrected chi connectivity index (χ4v) is 3.94. The lowest BCUT2D eigenvalue weighted by Crippen LogP contribution is -2.43. The zero-order chi connectivity index (χ0) is 14.2. The number of benzene rings is 1. The molecule has 1 saturated carbocycles. The first-order valence-corrected chi connectivity index (χ1v) is 8.56. The molecule has 1 fully saturated rings. The summed E-state index contributed by atoms with van der Waals surface area (Å²) in [6, 6.07) is 7.92. The van der Waals surface area contributed by atoms with E-state index in [2.05, 4.69) is 20.7 Å². The zero-order valence-corrected chi connectivity index (χ0v) is 13.7. The molecule has 0 radical (unpaired) electrons. The molecule has 2 unspecified atom stereocenters. The maximum atomic E-state index is 12.1. The Balaban J connectivity index is 2.04. The van der Waals surface area contributed by atoms with Gasteiger partial charge in [-0.25, -0.2) is 0 Å². The lowest BCUT2D eigenvalue weighted by molar-refractivity contribution is 0.402. The maximum Gasteiger partial charge on any atom is 0.279 e. The predicted molar refractivity (Wildman–Crippen MR) is 80.2 cm³/mol. The van der Waals surface area contributed by atoms with Gasteiger partial charge < -0.3 is 0 Å². The van der Waals surface area contributed by atoms with Crippen LogP contribution in [0.25, 0.3) is 0 Å². The van der Waals surface area contributed by atoms with Gasteiger partial charge in [-0.2, -0.15) is 17.4 Å². The van der Waals surface area contributed by atoms with Crippen molar-refractivity contribution in [3.05, 3.63) is 34.3 Å². The minimum absolute atomic E-state index is 0.00454. The van der Waals surface area contributed by atoms with Crippen LogP contribution in [-0.4, -0.2) is 31.9 Å². The molecule has 1 aliphatic carbocycles. The van der Waals surface area contributed by atoms with Gasteiger partial charge in [-0.3, -0.25) is 0 Å². The summed E-state index contributed by atoms with van der Waals surface area (Å²) in [6.45, 7) is 3.72. The largest absolute Gasteiger partial charge is 0.279 e. The number of rotatable bonds is 5. The Bertz CT molecular complexity index is 560. The van der Waals surface area contributed by atoms with Gasteiger partial charge in [0.05, 0.1) is 0 Å². The predicted octanol–water partition coefficient (Wildman–Crippen LogP) is 2.48. The van der Waals surface area contributed by atoms with E-state index in [1.54, 1.807) is 7.05 Å². The number of hydrogen-bond donors (Lipinski definition) is 1. The molecule has 0 heterocycles. The first-order chi connectivity index (χ1) is 8.83. The molecule has 1 aromatic carbocycles. The third-order valence-electron chi connectivity index (χ3n) is 3.50. The third kappa shape index (κ3) is 3.37. The van der Waals surface area contributed by atoms with E-state index in [9.17, 15) is 8.42 Å². The van der Waals surface area contributed by atoms with Crippen LogP contribution in [0.2, 0.25) is 0 Å². The van der Waals surface area contributed by atoms with E-state index < -0.39 is 10.2 Å². The first kappa shape index (κ1) is 15.0. The normalized spacial score (nSPS) is 23.1. The standard InChI is InChI=1S/C13H19BrN2O2S/c1-9(2)16(3)19(17,18)15-13-8-11(13)10-6-4-5-7-12(10)14/h4-7,9,11,13,15H,8H2,1-3H3. The van der Waals surface area contributed by atoms with Crippen LogP contribution in [0.4, 0.5) is 0 Å². The Kier molecular flexibility index (Phi) is 4.35. The van der Waals surface area contributed by atoms with Gasteiger partial charge in [-0.1, -0.05) is 34.1 Å². The first-order valence-electron chi connectivity index (χ1n) is 6.32. The van der Waals surface area contributed by atoms with Gasteiger partial charge in [0.25, 0.3) is 10.2 Å². The van der Waals surface area contributed by atoms with Crippen molar-refractivity contribution >= 4 is 26.1 Å². The van der Waals surface area contributed by atoms with Crippen molar-refractivity contribution in [3.63, 3.8) is 0 Å². The lowest BCUT2D eigenvalue weighted by Gasteiger charge is -2.21. The molecule has 1 aliphatic rings. The van der Waals surface area contributed by atoms with Crippen LogP contribution in [0.5, 0.6) is 0 Å². The number of nitrogens with one attached hydrogen (secondary N) is 1. The van der Waals surface area contributed by atoms with Gasteiger partial charge in [0, 0.05) is 29.5 Å². The third-order valence-corrected chi connectivity index (χ3v) is 6.00. The molecule has 0 aromatic heterocycles. The quantitative estimate of drug-likeness (QED) is 0.890. The minimum Gasteiger partial charge on any atom is -0.198 e. The van der Waals surface area contributed by atoms with Crippen molar-refractivity contribution in [2.24, 2.45) is 0 Å². The summed E-state index contributed by atoms with van der Waals surface area (Å²) >= 11 is 3.51. The summed E-state index contributed by atoms with van der Waals surface area (Å²) in [4.78, 5) is 0. The second kappa shape index (κ2) is 5.52. The number of halogens is 1. The highest BCUT2D eigenvalue weighted by atomic mass is 79.9. The monoisotopic (exact) mass is 346 g/mol. The molecule has 0 saturated heterocycles. The molecule has 0 bridgehead atoms. The SMILES string of the molecule is CC(C)N(C)S(=O)(=O)NC1CC1c1ccccc1Br. The summed E-state index contributed by atoms with van der Waals surface area (Å²) in [6.07, 6.45) is 0.855. The molecule has 1 aromatic rings. The average molecular weight is 347 g/mol. The van der Waals surface area contributed by atoms with E-state index in [1.165, 1.54) is 9.87 Å². The summed E-state index contributed by atoms with van der Waals surface area (Å²) < 4.78 is 29.3. The van der Waals surface area contributed by atoms with E-state index in [4.69, 9.17) is 0 Å². The molecule has 19 heavy (non-hydrogen) atoms. The van der Waals surface area contributed by atoms with Crippen LogP contribution in [-0.2, 0) is 10.2 Å². The second-order valence-electron chi connectivity index (χ2n) is 5.20. The fourth-order valence-electron chi connectivity index (χ4n) is 2.00. The van der Waals surface area contributed by atoms with Crippen molar-refractivity contribution in [1.29, 1.82) is 0 Å². The lowest BCUT2D eigenvalue weighted by atomic mass is 10.1. The Morgan fingerprint density at radius 2 is 2.00 bits per heavy atom. The van der Waals surface area contributed by atoms with Crippen molar-refractivity contribution < 1.29 is 8.42 Å². The van der Waals surface area contributed by atoms with Crippen molar-refractivity contribution in [2.75, 3.05) is 7.05 Å². The molecule has 0 aliphatic heterocycles. The molecule has 0 spiro atoms. The van der Waals surface area contributed by atoms with Gasteiger partial charge in [0.1, 0.15) is 0 Å². The molecular weight excluding hydrogens is 328 g/mol. The Morgan fingerprint density at radius 3 is 2.58 bits per heavy atom. The molecule has 4 nitrogen and oxygen atoms in total. The van der Waals surface area contributed by atoms with Crippen molar-refractivity contribution in [1.82, 2.24) is 9.03 Å². The molecule has 6 heteroatoms. The van der Waals surface area contributed by atoms with Crippen LogP contribution in [0.1, 0.15) is 31.7 Å². The van der Waals surface area contributed by atoms with Gasteiger partial charge in [-0.05, 0) is 31.9 Å². The Hall–Kier alpha value is -0.430. The summed E-state index contributed by atoms with van der Waals surface area (Å²) in [5, 5.41) is 0. The van der Waals surface area contributed by atoms with Gasteiger partial charge in [-0.15, -0.1) is 0 Å². The second-order valence-corrected chi connectivity index (χ2v) is 7.82. The molecule has 2 rings (SSSR count). The summed E-state index contributed by atoms with van der Waals surface area (Å²) in [7, 11) is -1.78. The van der Waals surface area contributed by atoms with E-state index in [-0.39, 0.29) is 18.0 Å². The van der Waals surface area contributed by atoms with Crippen LogP contribution in [0, 0.1) is 0 Å². The molecular formula is C13H19BrN2O2S. The zero-order valence-electron chi connectivity index (χ0n) is 11.3. The summed E-state index contributed by atoms with van der Waals surface area (Å²) in [5.74, 6) is 0.269. The van der Waals surface area contributed by atoms with E-state index >= 15 is 0 Å². The Labute approximate surface area is 123 Å². The summed E-state index contributed by atoms with van der Waals surface area (Å²) in [5.41, 5.74) is 1.17. The van der Waals surface area contributed by atoms with E-state index in [1.807, 2.05) is 38.1 Å². The number of nitrogens with zero attached hydrogens (tertiary/aromatic N) is 1. The molecule has 1 N–H and O–H groups in total. The minimum atomic E-state index is -3.38. The van der Waals surface area contributed by atoms with Crippen LogP contribution < -0.4 is 4.72 Å².